The van der Waals surface area contributed by atoms with Crippen molar-refractivity contribution in [3.8, 4) is 0 Å². The molecule has 0 saturated carbocycles. The van der Waals surface area contributed by atoms with Gasteiger partial charge in [-0.2, -0.15) is 5.43 Å². The molecule has 1 amide bonds. The molecule has 5 heteroatoms. The lowest BCUT2D eigenvalue weighted by Crippen LogP contribution is -3.11. The van der Waals surface area contributed by atoms with Crippen LogP contribution in [0.25, 0.3) is 0 Å². The van der Waals surface area contributed by atoms with Crippen molar-refractivity contribution in [1.29, 1.82) is 0 Å². The van der Waals surface area contributed by atoms with Crippen molar-refractivity contribution in [3.63, 3.8) is 0 Å². The molecule has 0 aliphatic carbocycles. The van der Waals surface area contributed by atoms with Crippen molar-refractivity contribution >= 4 is 5.91 Å². The van der Waals surface area contributed by atoms with Crippen molar-refractivity contribution in [2.45, 2.75) is 32.6 Å². The molecule has 5 nitrogen and oxygen atoms in total. The van der Waals surface area contributed by atoms with Gasteiger partial charge in [0.2, 0.25) is 5.91 Å². The van der Waals surface area contributed by atoms with E-state index in [1.54, 1.807) is 0 Å². The summed E-state index contributed by atoms with van der Waals surface area (Å²) in [6.45, 7) is 3.04. The molecule has 0 aliphatic heterocycles. The monoisotopic (exact) mass is 203 g/mol. The minimum Gasteiger partial charge on any atom is -0.613 e. The largest absolute Gasteiger partial charge is 0.613 e. The maximum Gasteiger partial charge on any atom is 0.216 e. The molecule has 0 aromatic heterocycles. The van der Waals surface area contributed by atoms with Gasteiger partial charge in [0, 0.05) is 20.0 Å². The van der Waals surface area contributed by atoms with Gasteiger partial charge in [-0.05, 0) is 12.8 Å². The minimum absolute atomic E-state index is 0.0308. The van der Waals surface area contributed by atoms with E-state index in [4.69, 9.17) is 0 Å². The van der Waals surface area contributed by atoms with E-state index < -0.39 is 0 Å². The molecule has 0 spiro atoms. The lowest BCUT2D eigenvalue weighted by atomic mass is 10.2. The highest BCUT2D eigenvalue weighted by Gasteiger charge is 1.93. The molecule has 0 heterocycles. The number of quaternary nitrogens is 1. The zero-order valence-electron chi connectivity index (χ0n) is 9.06. The van der Waals surface area contributed by atoms with Crippen LogP contribution in [0.1, 0.15) is 32.6 Å². The van der Waals surface area contributed by atoms with Crippen LogP contribution in [0.2, 0.25) is 0 Å². The van der Waals surface area contributed by atoms with Gasteiger partial charge in [-0.15, -0.1) is 0 Å². The summed E-state index contributed by atoms with van der Waals surface area (Å²) < 4.78 is 0. The van der Waals surface area contributed by atoms with Gasteiger partial charge in [-0.3, -0.25) is 9.97 Å². The third-order valence-electron chi connectivity index (χ3n) is 1.85. The van der Waals surface area contributed by atoms with Crippen LogP contribution in [0.5, 0.6) is 0 Å². The Bertz CT molecular complexity index is 151. The second kappa shape index (κ2) is 8.93. The van der Waals surface area contributed by atoms with E-state index in [0.717, 1.165) is 38.8 Å². The van der Waals surface area contributed by atoms with E-state index in [0.29, 0.717) is 0 Å². The number of unbranched alkanes of at least 4 members (excludes halogenated alkanes) is 3. The Balaban J connectivity index is 2.96. The number of amides is 1. The fraction of sp³-hybridized carbons (Fsp3) is 0.889. The van der Waals surface area contributed by atoms with Gasteiger partial charge < -0.3 is 10.5 Å². The van der Waals surface area contributed by atoms with Gasteiger partial charge in [0.1, 0.15) is 0 Å². The quantitative estimate of drug-likeness (QED) is 0.357. The standard InChI is InChI=1S/C9H21N3O2/c1-9(13)10-7-5-3-4-6-8-11-12(2)14/h11-12H,3-8H2,1-2H3,(H,10,13). The first-order valence-electron chi connectivity index (χ1n) is 5.12. The first-order chi connectivity index (χ1) is 6.63. The van der Waals surface area contributed by atoms with Crippen molar-refractivity contribution in [2.24, 2.45) is 0 Å². The summed E-state index contributed by atoms with van der Waals surface area (Å²) in [6, 6.07) is 0. The highest BCUT2D eigenvalue weighted by Crippen LogP contribution is 1.96. The number of carbonyl (C=O) groups is 1. The number of hydrogen-bond acceptors (Lipinski definition) is 3. The summed E-state index contributed by atoms with van der Waals surface area (Å²) in [5, 5.41) is 13.3. The zero-order chi connectivity index (χ0) is 10.8. The molecule has 0 aromatic rings. The predicted molar refractivity (Wildman–Crippen MR) is 55.4 cm³/mol. The topological polar surface area (TPSA) is 68.6 Å². The van der Waals surface area contributed by atoms with Crippen molar-refractivity contribution in [2.75, 3.05) is 20.1 Å². The first-order valence-corrected chi connectivity index (χ1v) is 5.12. The first kappa shape index (κ1) is 13.4. The van der Waals surface area contributed by atoms with E-state index in [1.807, 2.05) is 0 Å². The average molecular weight is 203 g/mol. The Morgan fingerprint density at radius 2 is 1.79 bits per heavy atom. The average Bonchev–Trinajstić information content (AvgIpc) is 2.08. The fourth-order valence-corrected chi connectivity index (χ4v) is 1.13. The molecule has 0 bridgehead atoms. The minimum atomic E-state index is 0.0308. The Hall–Kier alpha value is -0.650. The van der Waals surface area contributed by atoms with E-state index in [2.05, 4.69) is 10.7 Å². The van der Waals surface area contributed by atoms with Gasteiger partial charge in [-0.25, -0.2) is 0 Å². The lowest BCUT2D eigenvalue weighted by molar-refractivity contribution is -0.875. The van der Waals surface area contributed by atoms with Gasteiger partial charge in [0.15, 0.2) is 0 Å². The lowest BCUT2D eigenvalue weighted by Gasteiger charge is -2.15. The molecule has 3 N–H and O–H groups in total. The van der Waals surface area contributed by atoms with Gasteiger partial charge >= 0.3 is 0 Å². The molecule has 1 unspecified atom stereocenters. The number of hydrogen-bond donors (Lipinski definition) is 3. The molecule has 0 aliphatic rings. The van der Waals surface area contributed by atoms with E-state index in [9.17, 15) is 10.0 Å². The Morgan fingerprint density at radius 1 is 1.21 bits per heavy atom. The van der Waals surface area contributed by atoms with Crippen LogP contribution in [0, 0.1) is 5.21 Å². The molecule has 0 saturated heterocycles. The van der Waals surface area contributed by atoms with E-state index in [1.165, 1.54) is 14.0 Å². The van der Waals surface area contributed by atoms with Crippen LogP contribution in [0.15, 0.2) is 0 Å². The highest BCUT2D eigenvalue weighted by molar-refractivity contribution is 5.72. The summed E-state index contributed by atoms with van der Waals surface area (Å²) in [4.78, 5) is 10.5. The molecule has 0 radical (unpaired) electrons. The SMILES string of the molecule is CC(=O)NCCCCCCN[NH+](C)[O-]. The Morgan fingerprint density at radius 3 is 2.29 bits per heavy atom. The Kier molecular flexibility index (Phi) is 8.51. The maximum absolute atomic E-state index is 10.5. The predicted octanol–water partition coefficient (Wildman–Crippen LogP) is -0.800. The fourth-order valence-electron chi connectivity index (χ4n) is 1.13. The zero-order valence-corrected chi connectivity index (χ0v) is 9.06. The summed E-state index contributed by atoms with van der Waals surface area (Å²) in [5.41, 5.74) is 2.75. The van der Waals surface area contributed by atoms with Crippen LogP contribution < -0.4 is 15.9 Å². The summed E-state index contributed by atoms with van der Waals surface area (Å²) in [6.07, 6.45) is 4.22. The number of carbonyl (C=O) groups excluding carboxylic acids is 1. The number of hydroxylamine groups is 1. The summed E-state index contributed by atoms with van der Waals surface area (Å²) in [5.74, 6) is 0.0308. The van der Waals surface area contributed by atoms with Crippen molar-refractivity contribution < 1.29 is 9.97 Å². The molecule has 14 heavy (non-hydrogen) atoms. The molecular weight excluding hydrogens is 182 g/mol. The van der Waals surface area contributed by atoms with Crippen molar-refractivity contribution in [3.05, 3.63) is 5.21 Å². The van der Waals surface area contributed by atoms with Crippen LogP contribution in [0.4, 0.5) is 0 Å². The third-order valence-corrected chi connectivity index (χ3v) is 1.85. The summed E-state index contributed by atoms with van der Waals surface area (Å²) in [7, 11) is 1.52. The van der Waals surface area contributed by atoms with Crippen molar-refractivity contribution in [1.82, 2.24) is 10.7 Å². The van der Waals surface area contributed by atoms with Gasteiger partial charge in [0.25, 0.3) is 0 Å². The molecule has 84 valence electrons. The normalized spacial score (nSPS) is 12.5. The molecule has 0 rings (SSSR count). The molecule has 1 atom stereocenters. The van der Waals surface area contributed by atoms with Crippen LogP contribution in [-0.4, -0.2) is 26.0 Å². The summed E-state index contributed by atoms with van der Waals surface area (Å²) >= 11 is 0. The third kappa shape index (κ3) is 11.4. The smallest absolute Gasteiger partial charge is 0.216 e. The van der Waals surface area contributed by atoms with E-state index >= 15 is 0 Å². The molecule has 0 fully saturated rings. The molecular formula is C9H21N3O2. The van der Waals surface area contributed by atoms with Gasteiger partial charge in [-0.1, -0.05) is 12.8 Å². The maximum atomic E-state index is 10.5. The second-order valence-corrected chi connectivity index (χ2v) is 3.38. The van der Waals surface area contributed by atoms with Crippen LogP contribution in [-0.2, 0) is 4.79 Å². The van der Waals surface area contributed by atoms with E-state index in [-0.39, 0.29) is 11.1 Å². The van der Waals surface area contributed by atoms with Crippen LogP contribution in [0.3, 0.4) is 0 Å². The Labute approximate surface area is 85.4 Å². The number of rotatable bonds is 8. The highest BCUT2D eigenvalue weighted by atomic mass is 16.5. The van der Waals surface area contributed by atoms with Gasteiger partial charge in [0.05, 0.1) is 7.05 Å². The van der Waals surface area contributed by atoms with Crippen LogP contribution >= 0.6 is 0 Å². The number of nitrogens with one attached hydrogen (secondary N) is 3. The second-order valence-electron chi connectivity index (χ2n) is 3.38. The molecule has 0 aromatic carbocycles.